The zero-order chi connectivity index (χ0) is 12.7. The zero-order valence-corrected chi connectivity index (χ0v) is 10.3. The Labute approximate surface area is 107 Å². The first-order valence-corrected chi connectivity index (χ1v) is 6.46. The SMILES string of the molecule is O=C(O)C1C=CC(n2sc3ccccc3c2=O)C1. The van der Waals surface area contributed by atoms with E-state index in [1.54, 1.807) is 16.1 Å². The van der Waals surface area contributed by atoms with Crippen LogP contribution in [0.3, 0.4) is 0 Å². The van der Waals surface area contributed by atoms with E-state index in [4.69, 9.17) is 5.11 Å². The van der Waals surface area contributed by atoms with E-state index in [2.05, 4.69) is 0 Å². The minimum absolute atomic E-state index is 0.0312. The summed E-state index contributed by atoms with van der Waals surface area (Å²) in [7, 11) is 0. The van der Waals surface area contributed by atoms with Crippen LogP contribution < -0.4 is 5.56 Å². The summed E-state index contributed by atoms with van der Waals surface area (Å²) in [4.78, 5) is 23.1. The highest BCUT2D eigenvalue weighted by atomic mass is 32.1. The molecule has 4 nitrogen and oxygen atoms in total. The first kappa shape index (κ1) is 11.2. The number of hydrogen-bond acceptors (Lipinski definition) is 3. The van der Waals surface area contributed by atoms with Crippen LogP contribution >= 0.6 is 11.5 Å². The number of allylic oxidation sites excluding steroid dienone is 1. The minimum Gasteiger partial charge on any atom is -0.481 e. The number of aliphatic carboxylic acids is 1. The fourth-order valence-electron chi connectivity index (χ4n) is 2.24. The van der Waals surface area contributed by atoms with Gasteiger partial charge in [-0.25, -0.2) is 0 Å². The van der Waals surface area contributed by atoms with Gasteiger partial charge in [0.15, 0.2) is 0 Å². The molecule has 1 N–H and O–H groups in total. The van der Waals surface area contributed by atoms with Crippen LogP contribution in [0.25, 0.3) is 10.1 Å². The Kier molecular flexibility index (Phi) is 2.56. The van der Waals surface area contributed by atoms with Gasteiger partial charge in [0, 0.05) is 0 Å². The molecule has 0 saturated heterocycles. The molecule has 0 amide bonds. The lowest BCUT2D eigenvalue weighted by Crippen LogP contribution is -2.18. The fraction of sp³-hybridized carbons (Fsp3) is 0.231. The van der Waals surface area contributed by atoms with Gasteiger partial charge in [-0.05, 0) is 18.6 Å². The van der Waals surface area contributed by atoms with Crippen LogP contribution in [0.4, 0.5) is 0 Å². The summed E-state index contributed by atoms with van der Waals surface area (Å²) in [6.45, 7) is 0. The van der Waals surface area contributed by atoms with E-state index in [-0.39, 0.29) is 11.6 Å². The Morgan fingerprint density at radius 2 is 2.11 bits per heavy atom. The third kappa shape index (κ3) is 1.67. The first-order valence-electron chi connectivity index (χ1n) is 5.68. The van der Waals surface area contributed by atoms with Crippen LogP contribution in [0.1, 0.15) is 12.5 Å². The molecule has 18 heavy (non-hydrogen) atoms. The summed E-state index contributed by atoms with van der Waals surface area (Å²) in [5, 5.41) is 9.66. The molecule has 0 fully saturated rings. The Morgan fingerprint density at radius 1 is 1.33 bits per heavy atom. The topological polar surface area (TPSA) is 59.3 Å². The molecule has 0 aliphatic heterocycles. The summed E-state index contributed by atoms with van der Waals surface area (Å²) in [5.74, 6) is -1.31. The van der Waals surface area contributed by atoms with Crippen molar-refractivity contribution in [2.45, 2.75) is 12.5 Å². The van der Waals surface area contributed by atoms with Gasteiger partial charge in [-0.15, -0.1) is 0 Å². The molecule has 1 aromatic carbocycles. The molecule has 1 heterocycles. The monoisotopic (exact) mass is 261 g/mol. The third-order valence-corrected chi connectivity index (χ3v) is 4.38. The minimum atomic E-state index is -0.831. The van der Waals surface area contributed by atoms with E-state index in [1.807, 2.05) is 24.3 Å². The van der Waals surface area contributed by atoms with Crippen molar-refractivity contribution in [2.24, 2.45) is 5.92 Å². The molecular weight excluding hydrogens is 250 g/mol. The molecule has 0 radical (unpaired) electrons. The lowest BCUT2D eigenvalue weighted by molar-refractivity contribution is -0.140. The van der Waals surface area contributed by atoms with Gasteiger partial charge in [-0.1, -0.05) is 35.8 Å². The van der Waals surface area contributed by atoms with E-state index < -0.39 is 11.9 Å². The van der Waals surface area contributed by atoms with Crippen molar-refractivity contribution < 1.29 is 9.90 Å². The molecule has 1 aromatic heterocycles. The van der Waals surface area contributed by atoms with Gasteiger partial charge in [0.05, 0.1) is 22.0 Å². The smallest absolute Gasteiger partial charge is 0.310 e. The molecule has 1 aliphatic rings. The Morgan fingerprint density at radius 3 is 2.78 bits per heavy atom. The molecule has 0 saturated carbocycles. The van der Waals surface area contributed by atoms with Crippen molar-refractivity contribution in [3.05, 3.63) is 46.8 Å². The van der Waals surface area contributed by atoms with Crippen molar-refractivity contribution in [3.8, 4) is 0 Å². The van der Waals surface area contributed by atoms with E-state index in [1.165, 1.54) is 11.5 Å². The molecule has 0 spiro atoms. The third-order valence-electron chi connectivity index (χ3n) is 3.19. The second-order valence-electron chi connectivity index (χ2n) is 4.35. The van der Waals surface area contributed by atoms with Gasteiger partial charge in [0.1, 0.15) is 0 Å². The van der Waals surface area contributed by atoms with Crippen LogP contribution in [0.2, 0.25) is 0 Å². The van der Waals surface area contributed by atoms with Crippen molar-refractivity contribution in [1.29, 1.82) is 0 Å². The highest BCUT2D eigenvalue weighted by Gasteiger charge is 2.27. The van der Waals surface area contributed by atoms with Gasteiger partial charge >= 0.3 is 5.97 Å². The second kappa shape index (κ2) is 4.10. The Bertz CT molecular complexity index is 698. The molecular formula is C13H11NO3S. The van der Waals surface area contributed by atoms with E-state index in [0.717, 1.165) is 4.70 Å². The summed E-state index contributed by atoms with van der Waals surface area (Å²) in [5.41, 5.74) is -0.0312. The lowest BCUT2D eigenvalue weighted by Gasteiger charge is -2.08. The largest absolute Gasteiger partial charge is 0.481 e. The van der Waals surface area contributed by atoms with Gasteiger partial charge in [-0.2, -0.15) is 0 Å². The summed E-state index contributed by atoms with van der Waals surface area (Å²) in [6.07, 6.45) is 3.95. The number of rotatable bonds is 2. The van der Waals surface area contributed by atoms with E-state index in [0.29, 0.717) is 11.8 Å². The maximum atomic E-state index is 12.2. The molecule has 0 bridgehead atoms. The lowest BCUT2D eigenvalue weighted by atomic mass is 10.1. The standard InChI is InChI=1S/C13H11NO3S/c15-12-10-3-1-2-4-11(10)18-14(12)9-6-5-8(7-9)13(16)17/h1-6,8-9H,7H2,(H,16,17). The summed E-state index contributed by atoms with van der Waals surface area (Å²) >= 11 is 1.39. The number of benzene rings is 1. The highest BCUT2D eigenvalue weighted by molar-refractivity contribution is 7.13. The molecule has 3 rings (SSSR count). The first-order chi connectivity index (χ1) is 8.66. The van der Waals surface area contributed by atoms with Crippen LogP contribution in [0.15, 0.2) is 41.2 Å². The molecule has 1 aliphatic carbocycles. The number of carboxylic acid groups (broad SMARTS) is 1. The average molecular weight is 261 g/mol. The normalized spacial score (nSPS) is 22.7. The van der Waals surface area contributed by atoms with Gasteiger partial charge < -0.3 is 5.11 Å². The number of carboxylic acids is 1. The average Bonchev–Trinajstić information content (AvgIpc) is 2.95. The molecule has 2 atom stereocenters. The zero-order valence-electron chi connectivity index (χ0n) is 9.45. The van der Waals surface area contributed by atoms with E-state index in [9.17, 15) is 9.59 Å². The Balaban J connectivity index is 2.02. The van der Waals surface area contributed by atoms with Crippen LogP contribution in [0, 0.1) is 5.92 Å². The van der Waals surface area contributed by atoms with Gasteiger partial charge in [-0.3, -0.25) is 13.5 Å². The van der Waals surface area contributed by atoms with Crippen molar-refractivity contribution >= 4 is 27.6 Å². The van der Waals surface area contributed by atoms with Crippen molar-refractivity contribution in [1.82, 2.24) is 3.96 Å². The number of fused-ring (bicyclic) bond motifs is 1. The van der Waals surface area contributed by atoms with Crippen molar-refractivity contribution in [3.63, 3.8) is 0 Å². The second-order valence-corrected chi connectivity index (χ2v) is 5.37. The summed E-state index contributed by atoms with van der Waals surface area (Å²) < 4.78 is 2.61. The van der Waals surface area contributed by atoms with Crippen LogP contribution in [-0.4, -0.2) is 15.0 Å². The van der Waals surface area contributed by atoms with Crippen LogP contribution in [-0.2, 0) is 4.79 Å². The highest BCUT2D eigenvalue weighted by Crippen LogP contribution is 2.30. The number of nitrogens with zero attached hydrogens (tertiary/aromatic N) is 1. The quantitative estimate of drug-likeness (QED) is 0.844. The number of hydrogen-bond donors (Lipinski definition) is 1. The van der Waals surface area contributed by atoms with Crippen molar-refractivity contribution in [2.75, 3.05) is 0 Å². The Hall–Kier alpha value is -1.88. The maximum absolute atomic E-state index is 12.2. The van der Waals surface area contributed by atoms with Crippen LogP contribution in [0.5, 0.6) is 0 Å². The molecule has 92 valence electrons. The van der Waals surface area contributed by atoms with E-state index >= 15 is 0 Å². The predicted octanol–water partition coefficient (Wildman–Crippen LogP) is 2.26. The van der Waals surface area contributed by atoms with Gasteiger partial charge in [0.2, 0.25) is 0 Å². The summed E-state index contributed by atoms with van der Waals surface area (Å²) in [6, 6.07) is 7.32. The number of carbonyl (C=O) groups is 1. The fourth-order valence-corrected chi connectivity index (χ4v) is 3.32. The maximum Gasteiger partial charge on any atom is 0.310 e. The molecule has 5 heteroatoms. The van der Waals surface area contributed by atoms with Gasteiger partial charge in [0.25, 0.3) is 5.56 Å². The predicted molar refractivity (Wildman–Crippen MR) is 70.0 cm³/mol. The molecule has 2 unspecified atom stereocenters. The molecule has 2 aromatic rings. The number of aromatic nitrogens is 1.